The Morgan fingerprint density at radius 2 is 1.79 bits per heavy atom. The van der Waals surface area contributed by atoms with Gasteiger partial charge in [0.1, 0.15) is 23.5 Å². The fourth-order valence-corrected chi connectivity index (χ4v) is 4.29. The average molecular weight is 452 g/mol. The Hall–Kier alpha value is -4.08. The lowest BCUT2D eigenvalue weighted by Crippen LogP contribution is -2.37. The Morgan fingerprint density at radius 3 is 2.56 bits per heavy atom. The van der Waals surface area contributed by atoms with Gasteiger partial charge in [0.15, 0.2) is 5.76 Å². The van der Waals surface area contributed by atoms with Gasteiger partial charge < -0.3 is 14.5 Å². The standard InChI is InChI=1S/C28H25N3O3/c29-18-22-16-23(30-28(32)27-17-21-8-4-5-9-25(21)34-27)10-11-26(22)33-24-12-14-31(15-13-24)19-20-6-2-1-3-7-20/h1-11,16-17,24H,12-15,19H2,(H,30,32). The van der Waals surface area contributed by atoms with Crippen LogP contribution in [-0.2, 0) is 6.54 Å². The number of piperidine rings is 1. The number of carbonyl (C=O) groups excluding carboxylic acids is 1. The van der Waals surface area contributed by atoms with Gasteiger partial charge in [-0.3, -0.25) is 9.69 Å². The van der Waals surface area contributed by atoms with Crippen LogP contribution in [0.4, 0.5) is 5.69 Å². The minimum atomic E-state index is -0.362. The monoisotopic (exact) mass is 451 g/mol. The predicted molar refractivity (Wildman–Crippen MR) is 131 cm³/mol. The summed E-state index contributed by atoms with van der Waals surface area (Å²) >= 11 is 0. The summed E-state index contributed by atoms with van der Waals surface area (Å²) in [6.07, 6.45) is 1.87. The molecular formula is C28H25N3O3. The van der Waals surface area contributed by atoms with Crippen molar-refractivity contribution in [3.05, 3.63) is 95.7 Å². The molecule has 0 aliphatic carbocycles. The van der Waals surface area contributed by atoms with Crippen LogP contribution in [0.2, 0.25) is 0 Å². The van der Waals surface area contributed by atoms with E-state index in [-0.39, 0.29) is 17.8 Å². The van der Waals surface area contributed by atoms with E-state index in [1.54, 1.807) is 24.3 Å². The molecule has 0 saturated carbocycles. The van der Waals surface area contributed by atoms with Gasteiger partial charge in [0.25, 0.3) is 5.91 Å². The fraction of sp³-hybridized carbons (Fsp3) is 0.214. The molecule has 1 aromatic heterocycles. The number of carbonyl (C=O) groups is 1. The Bertz CT molecular complexity index is 1300. The van der Waals surface area contributed by atoms with Crippen molar-refractivity contribution in [1.29, 1.82) is 5.26 Å². The molecule has 0 spiro atoms. The minimum Gasteiger partial charge on any atom is -0.489 e. The van der Waals surface area contributed by atoms with E-state index in [0.29, 0.717) is 22.6 Å². The zero-order chi connectivity index (χ0) is 23.3. The van der Waals surface area contributed by atoms with Crippen molar-refractivity contribution in [2.45, 2.75) is 25.5 Å². The first-order valence-corrected chi connectivity index (χ1v) is 11.4. The highest BCUT2D eigenvalue weighted by molar-refractivity contribution is 6.04. The number of nitrogens with one attached hydrogen (secondary N) is 1. The minimum absolute atomic E-state index is 0.0649. The summed E-state index contributed by atoms with van der Waals surface area (Å²) in [5.74, 6) is 0.410. The molecule has 34 heavy (non-hydrogen) atoms. The number of likely N-dealkylation sites (tertiary alicyclic amines) is 1. The molecule has 0 radical (unpaired) electrons. The molecule has 1 aliphatic rings. The van der Waals surface area contributed by atoms with E-state index in [2.05, 4.69) is 40.6 Å². The molecular weight excluding hydrogens is 426 g/mol. The van der Waals surface area contributed by atoms with E-state index < -0.39 is 0 Å². The topological polar surface area (TPSA) is 78.5 Å². The second kappa shape index (κ2) is 9.82. The first-order valence-electron chi connectivity index (χ1n) is 11.4. The first-order chi connectivity index (χ1) is 16.7. The van der Waals surface area contributed by atoms with Crippen molar-refractivity contribution in [3.8, 4) is 11.8 Å². The van der Waals surface area contributed by atoms with Crippen molar-refractivity contribution in [1.82, 2.24) is 4.90 Å². The molecule has 5 rings (SSSR count). The molecule has 6 nitrogen and oxygen atoms in total. The van der Waals surface area contributed by atoms with Crippen LogP contribution in [0.25, 0.3) is 11.0 Å². The van der Waals surface area contributed by atoms with Crippen molar-refractivity contribution >= 4 is 22.6 Å². The maximum atomic E-state index is 12.6. The third kappa shape index (κ3) is 4.95. The van der Waals surface area contributed by atoms with Gasteiger partial charge >= 0.3 is 0 Å². The van der Waals surface area contributed by atoms with Gasteiger partial charge in [0.2, 0.25) is 0 Å². The summed E-state index contributed by atoms with van der Waals surface area (Å²) in [5.41, 5.74) is 2.89. The lowest BCUT2D eigenvalue weighted by Gasteiger charge is -2.32. The van der Waals surface area contributed by atoms with Crippen molar-refractivity contribution in [3.63, 3.8) is 0 Å². The van der Waals surface area contributed by atoms with E-state index in [9.17, 15) is 10.1 Å². The van der Waals surface area contributed by atoms with Crippen molar-refractivity contribution in [2.24, 2.45) is 0 Å². The van der Waals surface area contributed by atoms with Crippen LogP contribution >= 0.6 is 0 Å². The number of fused-ring (bicyclic) bond motifs is 1. The Balaban J connectivity index is 1.19. The maximum Gasteiger partial charge on any atom is 0.291 e. The highest BCUT2D eigenvalue weighted by atomic mass is 16.5. The third-order valence-electron chi connectivity index (χ3n) is 6.08. The molecule has 1 N–H and O–H groups in total. The second-order valence-electron chi connectivity index (χ2n) is 8.50. The number of rotatable bonds is 6. The van der Waals surface area contributed by atoms with Gasteiger partial charge in [-0.1, -0.05) is 48.5 Å². The summed E-state index contributed by atoms with van der Waals surface area (Å²) in [6.45, 7) is 2.84. The number of nitrogens with zero attached hydrogens (tertiary/aromatic N) is 2. The van der Waals surface area contributed by atoms with Crippen LogP contribution in [0, 0.1) is 11.3 Å². The zero-order valence-electron chi connectivity index (χ0n) is 18.7. The Morgan fingerprint density at radius 1 is 1.03 bits per heavy atom. The van der Waals surface area contributed by atoms with E-state index in [1.165, 1.54) is 5.56 Å². The molecule has 3 aromatic carbocycles. The number of hydrogen-bond acceptors (Lipinski definition) is 5. The molecule has 1 amide bonds. The highest BCUT2D eigenvalue weighted by Gasteiger charge is 2.22. The van der Waals surface area contributed by atoms with Gasteiger partial charge in [-0.2, -0.15) is 5.26 Å². The molecule has 1 aliphatic heterocycles. The number of ether oxygens (including phenoxy) is 1. The predicted octanol–water partition coefficient (Wildman–Crippen LogP) is 5.60. The number of nitriles is 1. The molecule has 0 atom stereocenters. The quantitative estimate of drug-likeness (QED) is 0.413. The number of furan rings is 1. The summed E-state index contributed by atoms with van der Waals surface area (Å²) < 4.78 is 11.8. The molecule has 0 bridgehead atoms. The first kappa shape index (κ1) is 21.7. The summed E-state index contributed by atoms with van der Waals surface area (Å²) in [6, 6.07) is 27.0. The SMILES string of the molecule is N#Cc1cc(NC(=O)c2cc3ccccc3o2)ccc1OC1CCN(Cc2ccccc2)CC1. The summed E-state index contributed by atoms with van der Waals surface area (Å²) in [4.78, 5) is 15.1. The summed E-state index contributed by atoms with van der Waals surface area (Å²) in [5, 5.41) is 13.3. The van der Waals surface area contributed by atoms with Gasteiger partial charge in [0.05, 0.1) is 5.56 Å². The van der Waals surface area contributed by atoms with E-state index in [4.69, 9.17) is 9.15 Å². The molecule has 1 saturated heterocycles. The van der Waals surface area contributed by atoms with Gasteiger partial charge in [0, 0.05) is 30.7 Å². The molecule has 170 valence electrons. The number of benzene rings is 3. The number of anilines is 1. The van der Waals surface area contributed by atoms with Crippen LogP contribution in [0.5, 0.6) is 5.75 Å². The zero-order valence-corrected chi connectivity index (χ0v) is 18.7. The van der Waals surface area contributed by atoms with Crippen molar-refractivity contribution < 1.29 is 13.9 Å². The second-order valence-corrected chi connectivity index (χ2v) is 8.50. The van der Waals surface area contributed by atoms with Gasteiger partial charge in [-0.05, 0) is 48.7 Å². The fourth-order valence-electron chi connectivity index (χ4n) is 4.29. The lowest BCUT2D eigenvalue weighted by molar-refractivity contribution is 0.0965. The van der Waals surface area contributed by atoms with Crippen LogP contribution in [0.15, 0.2) is 83.3 Å². The van der Waals surface area contributed by atoms with E-state index in [1.807, 2.05) is 30.3 Å². The number of hydrogen-bond donors (Lipinski definition) is 1. The number of amides is 1. The Labute approximate surface area is 198 Å². The lowest BCUT2D eigenvalue weighted by atomic mass is 10.1. The van der Waals surface area contributed by atoms with Crippen LogP contribution in [-0.4, -0.2) is 30.0 Å². The average Bonchev–Trinajstić information content (AvgIpc) is 3.31. The van der Waals surface area contributed by atoms with Gasteiger partial charge in [-0.15, -0.1) is 0 Å². The third-order valence-corrected chi connectivity index (χ3v) is 6.08. The molecule has 1 fully saturated rings. The smallest absolute Gasteiger partial charge is 0.291 e. The van der Waals surface area contributed by atoms with E-state index in [0.717, 1.165) is 37.9 Å². The van der Waals surface area contributed by atoms with Crippen LogP contribution in [0.3, 0.4) is 0 Å². The Kier molecular flexibility index (Phi) is 6.28. The largest absolute Gasteiger partial charge is 0.489 e. The van der Waals surface area contributed by atoms with E-state index >= 15 is 0 Å². The molecule has 6 heteroatoms. The van der Waals surface area contributed by atoms with Crippen molar-refractivity contribution in [2.75, 3.05) is 18.4 Å². The molecule has 4 aromatic rings. The summed E-state index contributed by atoms with van der Waals surface area (Å²) in [7, 11) is 0. The maximum absolute atomic E-state index is 12.6. The molecule has 2 heterocycles. The number of para-hydroxylation sites is 1. The normalized spacial score (nSPS) is 14.6. The molecule has 0 unspecified atom stereocenters. The van der Waals surface area contributed by atoms with Gasteiger partial charge in [-0.25, -0.2) is 0 Å². The van der Waals surface area contributed by atoms with Crippen LogP contribution in [0.1, 0.15) is 34.5 Å². The highest BCUT2D eigenvalue weighted by Crippen LogP contribution is 2.27. The van der Waals surface area contributed by atoms with Crippen LogP contribution < -0.4 is 10.1 Å².